The number of rotatable bonds is 53. The number of fused-ring (bicyclic) bond motifs is 4. The number of anilines is 1. The van der Waals surface area contributed by atoms with E-state index in [1.165, 1.54) is 256 Å². The molecule has 20 heteroatoms. The first-order valence-corrected chi connectivity index (χ1v) is 48.8. The lowest BCUT2D eigenvalue weighted by atomic mass is 9.78. The predicted octanol–water partition coefficient (Wildman–Crippen LogP) is 22.9. The lowest BCUT2D eigenvalue weighted by molar-refractivity contribution is -0.870. The summed E-state index contributed by atoms with van der Waals surface area (Å²) in [5.41, 5.74) is 18.2. The Balaban J connectivity index is 0.000000344. The van der Waals surface area contributed by atoms with Crippen LogP contribution in [0.4, 0.5) is 20.0 Å². The van der Waals surface area contributed by atoms with Gasteiger partial charge in [0.2, 0.25) is 5.69 Å². The van der Waals surface area contributed by atoms with Crippen LogP contribution in [0.15, 0.2) is 169 Å². The lowest BCUT2D eigenvalue weighted by Crippen LogP contribution is -3.00. The molecular weight excluding hydrogens is 1560 g/mol. The summed E-state index contributed by atoms with van der Waals surface area (Å²) in [6, 6.07) is 39.3. The van der Waals surface area contributed by atoms with Crippen molar-refractivity contribution in [3.05, 3.63) is 208 Å². The molecule has 4 aliphatic heterocycles. The third kappa shape index (κ3) is 31.5. The summed E-state index contributed by atoms with van der Waals surface area (Å²) in [7, 11) is 8.70. The van der Waals surface area contributed by atoms with Crippen molar-refractivity contribution in [3.8, 4) is 0 Å². The van der Waals surface area contributed by atoms with Crippen LogP contribution in [0.25, 0.3) is 5.57 Å². The second-order valence-corrected chi connectivity index (χ2v) is 40.5. The molecule has 120 heavy (non-hydrogen) atoms. The molecule has 4 aromatic carbocycles. The van der Waals surface area contributed by atoms with E-state index in [9.17, 15) is 18.9 Å². The fourth-order valence-corrected chi connectivity index (χ4v) is 19.6. The van der Waals surface area contributed by atoms with Gasteiger partial charge in [0.05, 0.1) is 66.8 Å². The molecule has 14 nitrogen and oxygen atoms in total. The molecule has 666 valence electrons. The van der Waals surface area contributed by atoms with Gasteiger partial charge in [-0.1, -0.05) is 298 Å². The number of phosphoric ester groups is 2. The Kier molecular flexibility index (Phi) is 42.2. The van der Waals surface area contributed by atoms with Gasteiger partial charge in [0, 0.05) is 47.2 Å². The molecule has 1 aromatic heterocycles. The normalized spacial score (nSPS) is 18.7. The van der Waals surface area contributed by atoms with Crippen molar-refractivity contribution in [2.24, 2.45) is 0 Å². The van der Waals surface area contributed by atoms with Gasteiger partial charge in [0.1, 0.15) is 45.6 Å². The van der Waals surface area contributed by atoms with Gasteiger partial charge in [-0.15, -0.1) is 0 Å². The van der Waals surface area contributed by atoms with Crippen LogP contribution in [0.5, 0.6) is 0 Å². The van der Waals surface area contributed by atoms with E-state index in [4.69, 9.17) is 18.1 Å². The number of allylic oxidation sites excluding steroid dienone is 9. The fourth-order valence-electron chi connectivity index (χ4n) is 18.1. The maximum Gasteiger partial charge on any atom is 0.731 e. The maximum atomic E-state index is 15.1. The summed E-state index contributed by atoms with van der Waals surface area (Å²) >= 11 is 0. The highest BCUT2D eigenvalue weighted by atomic mass is 35.5. The molecule has 0 amide bonds. The minimum atomic E-state index is -3.93. The number of aryl methyl sites for hydroxylation is 2. The van der Waals surface area contributed by atoms with Gasteiger partial charge in [-0.25, -0.2) is 9.13 Å². The molecule has 0 saturated heterocycles. The van der Waals surface area contributed by atoms with Crippen molar-refractivity contribution in [1.29, 1.82) is 0 Å². The van der Waals surface area contributed by atoms with Gasteiger partial charge in [0.15, 0.2) is 5.71 Å². The van der Waals surface area contributed by atoms with Crippen LogP contribution in [-0.2, 0) is 50.9 Å². The van der Waals surface area contributed by atoms with Gasteiger partial charge in [-0.3, -0.25) is 18.1 Å². The molecule has 4 atom stereocenters. The van der Waals surface area contributed by atoms with E-state index in [0.717, 1.165) is 76.2 Å². The van der Waals surface area contributed by atoms with Gasteiger partial charge in [-0.2, -0.15) is 4.58 Å². The topological polar surface area (TPSA) is 126 Å². The molecule has 5 aliphatic rings. The zero-order valence-electron chi connectivity index (χ0n) is 75.2. The number of halogens is 3. The monoisotopic (exact) mass is 1720 g/mol. The van der Waals surface area contributed by atoms with Gasteiger partial charge in [-0.05, 0) is 159 Å². The van der Waals surface area contributed by atoms with Crippen LogP contribution in [0, 0.1) is 0 Å². The summed E-state index contributed by atoms with van der Waals surface area (Å²) in [6.45, 7) is 7.96. The largest absolute Gasteiger partial charge is 1.00 e. The molecule has 0 saturated carbocycles. The third-order valence-corrected chi connectivity index (χ3v) is 27.3. The quantitative estimate of drug-likeness (QED) is 0.0129. The predicted molar refractivity (Wildman–Crippen MR) is 497 cm³/mol. The Labute approximate surface area is 731 Å². The average Bonchev–Trinajstić information content (AvgIpc) is 1.54. The number of likely N-dealkylation sites (N-methyl/N-ethyl adjacent to an activating group) is 3. The lowest BCUT2D eigenvalue weighted by Gasteiger charge is -2.38. The van der Waals surface area contributed by atoms with Crippen LogP contribution in [-0.4, -0.2) is 153 Å². The Morgan fingerprint density at radius 2 is 0.958 bits per heavy atom. The molecule has 0 spiro atoms. The second kappa shape index (κ2) is 49.9. The van der Waals surface area contributed by atoms with Gasteiger partial charge >= 0.3 is 22.6 Å². The van der Waals surface area contributed by atoms with E-state index in [1.54, 1.807) is 12.1 Å². The number of nitrogens with zero attached hydrogens (tertiary/aromatic N) is 6. The fraction of sp³-hybridized carbons (Fsp3) is 0.600. The summed E-state index contributed by atoms with van der Waals surface area (Å²) in [5, 5.41) is 0. The Bertz CT molecular complexity index is 4250. The molecular formula is C100H156BClF2N6O8P2+2. The average molecular weight is 1720 g/mol. The van der Waals surface area contributed by atoms with Crippen molar-refractivity contribution >= 4 is 51.5 Å². The second-order valence-electron chi connectivity index (χ2n) is 37.5. The molecule has 10 rings (SSSR count). The molecule has 1 aliphatic carbocycles. The SMILES string of the molecule is C.CN1/C(=C/C=C2\CCCC(/C=C/C3=[N+](C)c4ccccc4C3(C)C)=C2c2ccc(CCCCCCCCCCCCCCCCCCOP(=O)(O)OCC[N+](C)(C)C)cc2)C(C)(C)c2ccccc21.C[N+](C)(C)CCOP(=O)(O)OCCCCCCCCCCCCCCCCCCc1ccc(C2c3cccn3[B-](F)(F)[N+]3=CC=CC23)cc1.[Cl-]. The Hall–Kier alpha value is -5.65. The first kappa shape index (κ1) is 101. The molecule has 5 heterocycles. The van der Waals surface area contributed by atoms with Gasteiger partial charge in [0.25, 0.3) is 0 Å². The number of para-hydroxylation sites is 2. The number of benzene rings is 4. The summed E-state index contributed by atoms with van der Waals surface area (Å²) < 4.78 is 80.6. The van der Waals surface area contributed by atoms with Crippen LogP contribution in [0.2, 0.25) is 0 Å². The zero-order valence-corrected chi connectivity index (χ0v) is 77.7. The van der Waals surface area contributed by atoms with E-state index >= 15 is 8.63 Å². The van der Waals surface area contributed by atoms with Crippen LogP contribution in [0.3, 0.4) is 0 Å². The highest BCUT2D eigenvalue weighted by Crippen LogP contribution is 2.49. The summed E-state index contributed by atoms with van der Waals surface area (Å²) in [5.74, 6) is -0.101. The number of unbranched alkanes of at least 4 members (excludes halogenated alkanes) is 30. The number of phosphoric acid groups is 2. The van der Waals surface area contributed by atoms with E-state index in [1.807, 2.05) is 54.4 Å². The van der Waals surface area contributed by atoms with Gasteiger partial charge < -0.3 is 53.7 Å². The first-order chi connectivity index (χ1) is 56.5. The van der Waals surface area contributed by atoms with Crippen LogP contribution >= 0.6 is 15.6 Å². The number of hydrogen-bond donors (Lipinski definition) is 2. The van der Waals surface area contributed by atoms with Crippen molar-refractivity contribution in [2.45, 2.75) is 295 Å². The molecule has 5 aromatic rings. The number of hydrogen-bond acceptors (Lipinski definition) is 7. The highest BCUT2D eigenvalue weighted by molar-refractivity contribution is 7.47. The van der Waals surface area contributed by atoms with Crippen LogP contribution in [0.1, 0.15) is 305 Å². The number of quaternary nitrogens is 2. The zero-order chi connectivity index (χ0) is 84.7. The van der Waals surface area contributed by atoms with Crippen molar-refractivity contribution in [3.63, 3.8) is 0 Å². The van der Waals surface area contributed by atoms with Crippen molar-refractivity contribution in [1.82, 2.24) is 4.48 Å². The summed E-state index contributed by atoms with van der Waals surface area (Å²) in [4.78, 5) is 22.0. The minimum absolute atomic E-state index is 0. The van der Waals surface area contributed by atoms with E-state index in [2.05, 4.69) is 173 Å². The van der Waals surface area contributed by atoms with Crippen LogP contribution < -0.4 is 17.3 Å². The standard InChI is InChI=1S/C61H89N3O4P.C38H61BF2N3O4P.CH4.ClH/c1-60(2)53-34-25-27-36-55(53)62(5)57(60)44-42-50-32-30-33-51(43-45-58-61(3,4)54-35-26-28-37-56(54)63(58)6)59(50)52-40-38-49(39-41-52)31-24-22-20-18-16-14-12-10-11-13-15-17-19-21-23-29-47-67-69(65,66)68-48-46-64(7,8)9;1-44(2,3)31-33-48-49(45,46)47-32-19-17-15-13-11-9-7-5-4-6-8-10-12-14-16-18-22-34-25-27-35(28-26-34)38-36-23-20-29-42(36)39(40,41)43-30-21-24-37(38)43;;/h25-28,34-45H,10-24,29-33,46-48H2,1-9H3;20-21,23-30,36,38H,4-19,22,31-33H2,1-3H3;1H4;1H/q+1;;;/p+1. The smallest absolute Gasteiger partial charge is 0.731 e. The number of aromatic nitrogens is 1. The molecule has 0 radical (unpaired) electrons. The maximum absolute atomic E-state index is 15.1. The molecule has 0 bridgehead atoms. The minimum Gasteiger partial charge on any atom is -1.00 e. The first-order valence-electron chi connectivity index (χ1n) is 45.9. The van der Waals surface area contributed by atoms with E-state index in [0.29, 0.717) is 27.7 Å². The Morgan fingerprint density at radius 1 is 0.525 bits per heavy atom. The van der Waals surface area contributed by atoms with E-state index < -0.39 is 22.6 Å². The highest BCUT2D eigenvalue weighted by Gasteiger charge is 2.55. The van der Waals surface area contributed by atoms with Crippen molar-refractivity contribution < 1.29 is 76.1 Å². The molecule has 0 fully saturated rings. The molecule has 2 N–H and O–H groups in total. The molecule has 4 unspecified atom stereocenters. The third-order valence-electron chi connectivity index (χ3n) is 25.2. The Morgan fingerprint density at radius 3 is 1.43 bits per heavy atom. The van der Waals surface area contributed by atoms with E-state index in [-0.39, 0.29) is 69.1 Å². The summed E-state index contributed by atoms with van der Waals surface area (Å²) in [6.07, 6.45) is 62.1. The van der Waals surface area contributed by atoms with Crippen molar-refractivity contribution in [2.75, 3.05) is 101 Å².